The van der Waals surface area contributed by atoms with Crippen LogP contribution in [0.4, 0.5) is 0 Å². The number of methoxy groups -OCH3 is 1. The van der Waals surface area contributed by atoms with Crippen molar-refractivity contribution < 1.29 is 9.53 Å². The first-order valence-electron chi connectivity index (χ1n) is 8.09. The number of aryl methyl sites for hydroxylation is 1. The van der Waals surface area contributed by atoms with Gasteiger partial charge in [0.25, 0.3) is 0 Å². The molecule has 1 aromatic heterocycles. The van der Waals surface area contributed by atoms with Crippen LogP contribution in [-0.4, -0.2) is 23.0 Å². The van der Waals surface area contributed by atoms with E-state index in [4.69, 9.17) is 4.74 Å². The van der Waals surface area contributed by atoms with Crippen molar-refractivity contribution in [1.82, 2.24) is 15.3 Å². The number of benzene rings is 1. The smallest absolute Gasteiger partial charge is 0.231 e. The predicted molar refractivity (Wildman–Crippen MR) is 91.7 cm³/mol. The minimum absolute atomic E-state index is 0.0417. The van der Waals surface area contributed by atoms with E-state index in [1.807, 2.05) is 31.2 Å². The van der Waals surface area contributed by atoms with Gasteiger partial charge in [-0.15, -0.1) is 0 Å². The quantitative estimate of drug-likeness (QED) is 0.918. The van der Waals surface area contributed by atoms with Crippen LogP contribution in [0.25, 0.3) is 0 Å². The second-order valence-corrected chi connectivity index (χ2v) is 7.03. The highest BCUT2D eigenvalue weighted by Gasteiger charge is 2.66. The summed E-state index contributed by atoms with van der Waals surface area (Å²) in [6.07, 6.45) is 4.24. The summed E-state index contributed by atoms with van der Waals surface area (Å²) < 4.78 is 5.21. The van der Waals surface area contributed by atoms with Crippen molar-refractivity contribution >= 4 is 5.91 Å². The molecular weight excluding hydrogens is 302 g/mol. The second kappa shape index (κ2) is 5.89. The molecule has 2 aromatic rings. The van der Waals surface area contributed by atoms with Gasteiger partial charge in [0.1, 0.15) is 5.75 Å². The average molecular weight is 325 g/mol. The zero-order chi connectivity index (χ0) is 17.4. The van der Waals surface area contributed by atoms with E-state index in [2.05, 4.69) is 29.1 Å². The molecule has 1 fully saturated rings. The third-order valence-corrected chi connectivity index (χ3v) is 4.97. The molecule has 0 unspecified atom stereocenters. The SMILES string of the molecule is COc1ccc([C@]2(C(=O)NCc3cnc(C)cn3)CC2(C)C)cc1. The van der Waals surface area contributed by atoms with Gasteiger partial charge in [0.2, 0.25) is 5.91 Å². The molecule has 1 atom stereocenters. The Labute approximate surface area is 142 Å². The molecule has 1 aromatic carbocycles. The van der Waals surface area contributed by atoms with Crippen molar-refractivity contribution in [3.8, 4) is 5.75 Å². The van der Waals surface area contributed by atoms with Gasteiger partial charge in [-0.25, -0.2) is 0 Å². The van der Waals surface area contributed by atoms with E-state index in [0.717, 1.165) is 29.1 Å². The summed E-state index contributed by atoms with van der Waals surface area (Å²) in [7, 11) is 1.64. The number of amides is 1. The summed E-state index contributed by atoms with van der Waals surface area (Å²) in [6, 6.07) is 7.78. The van der Waals surface area contributed by atoms with E-state index >= 15 is 0 Å². The van der Waals surface area contributed by atoms with Crippen LogP contribution in [0.3, 0.4) is 0 Å². The number of rotatable bonds is 5. The van der Waals surface area contributed by atoms with Crippen LogP contribution in [0.5, 0.6) is 5.75 Å². The van der Waals surface area contributed by atoms with Gasteiger partial charge in [-0.2, -0.15) is 0 Å². The molecular formula is C19H23N3O2. The summed E-state index contributed by atoms with van der Waals surface area (Å²) in [5, 5.41) is 3.03. The summed E-state index contributed by atoms with van der Waals surface area (Å²) in [6.45, 7) is 6.53. The number of ether oxygens (including phenoxy) is 1. The third-order valence-electron chi connectivity index (χ3n) is 4.97. The van der Waals surface area contributed by atoms with Gasteiger partial charge < -0.3 is 10.1 Å². The van der Waals surface area contributed by atoms with Crippen LogP contribution in [0.1, 0.15) is 37.2 Å². The molecule has 1 heterocycles. The lowest BCUT2D eigenvalue weighted by Crippen LogP contribution is -2.37. The summed E-state index contributed by atoms with van der Waals surface area (Å²) in [5.74, 6) is 0.836. The Balaban J connectivity index is 1.77. The van der Waals surface area contributed by atoms with E-state index in [0.29, 0.717) is 6.54 Å². The third kappa shape index (κ3) is 2.75. The van der Waals surface area contributed by atoms with E-state index < -0.39 is 5.41 Å². The monoisotopic (exact) mass is 325 g/mol. The van der Waals surface area contributed by atoms with Crippen molar-refractivity contribution in [2.45, 2.75) is 39.2 Å². The first-order valence-corrected chi connectivity index (χ1v) is 8.09. The molecule has 0 saturated heterocycles. The topological polar surface area (TPSA) is 64.1 Å². The van der Waals surface area contributed by atoms with Crippen molar-refractivity contribution in [3.05, 3.63) is 53.6 Å². The fourth-order valence-corrected chi connectivity index (χ4v) is 3.34. The van der Waals surface area contributed by atoms with Crippen molar-refractivity contribution in [2.24, 2.45) is 5.41 Å². The maximum Gasteiger partial charge on any atom is 0.231 e. The first kappa shape index (κ1) is 16.4. The zero-order valence-electron chi connectivity index (χ0n) is 14.6. The van der Waals surface area contributed by atoms with Gasteiger partial charge >= 0.3 is 0 Å². The molecule has 24 heavy (non-hydrogen) atoms. The Morgan fingerprint density at radius 1 is 1.21 bits per heavy atom. The molecule has 1 N–H and O–H groups in total. The van der Waals surface area contributed by atoms with Gasteiger partial charge in [-0.05, 0) is 36.5 Å². The van der Waals surface area contributed by atoms with E-state index in [-0.39, 0.29) is 11.3 Å². The number of carbonyl (C=O) groups excluding carboxylic acids is 1. The Morgan fingerprint density at radius 3 is 2.38 bits per heavy atom. The summed E-state index contributed by atoms with van der Waals surface area (Å²) in [4.78, 5) is 21.5. The molecule has 0 aliphatic heterocycles. The van der Waals surface area contributed by atoms with Crippen molar-refractivity contribution in [1.29, 1.82) is 0 Å². The molecule has 0 bridgehead atoms. The minimum Gasteiger partial charge on any atom is -0.497 e. The Morgan fingerprint density at radius 2 is 1.88 bits per heavy atom. The van der Waals surface area contributed by atoms with E-state index in [1.54, 1.807) is 19.5 Å². The molecule has 0 spiro atoms. The molecule has 1 amide bonds. The molecule has 1 aliphatic carbocycles. The lowest BCUT2D eigenvalue weighted by Gasteiger charge is -2.21. The molecule has 1 aliphatic rings. The number of nitrogens with one attached hydrogen (secondary N) is 1. The lowest BCUT2D eigenvalue weighted by molar-refractivity contribution is -0.124. The van der Waals surface area contributed by atoms with Crippen LogP contribution in [0.15, 0.2) is 36.7 Å². The fourth-order valence-electron chi connectivity index (χ4n) is 3.34. The second-order valence-electron chi connectivity index (χ2n) is 7.03. The summed E-state index contributed by atoms with van der Waals surface area (Å²) >= 11 is 0. The number of aromatic nitrogens is 2. The first-order chi connectivity index (χ1) is 11.4. The van der Waals surface area contributed by atoms with Gasteiger partial charge in [-0.3, -0.25) is 14.8 Å². The molecule has 3 rings (SSSR count). The van der Waals surface area contributed by atoms with Crippen molar-refractivity contribution in [3.63, 3.8) is 0 Å². The van der Waals surface area contributed by atoms with Gasteiger partial charge in [0.05, 0.1) is 36.7 Å². The number of carbonyl (C=O) groups is 1. The van der Waals surface area contributed by atoms with Gasteiger partial charge in [-0.1, -0.05) is 26.0 Å². The molecule has 0 radical (unpaired) electrons. The highest BCUT2D eigenvalue weighted by atomic mass is 16.5. The van der Waals surface area contributed by atoms with Crippen molar-refractivity contribution in [2.75, 3.05) is 7.11 Å². The molecule has 5 nitrogen and oxygen atoms in total. The standard InChI is InChI=1S/C19H23N3O2/c1-13-9-21-15(10-20-13)11-22-17(23)19(12-18(19,2)3)14-5-7-16(24-4)8-6-14/h5-10H,11-12H2,1-4H3,(H,22,23)/t19-/m0/s1. The van der Waals surface area contributed by atoms with Crippen LogP contribution in [0, 0.1) is 12.3 Å². The van der Waals surface area contributed by atoms with Crippen LogP contribution < -0.4 is 10.1 Å². The predicted octanol–water partition coefficient (Wildman–Crippen LogP) is 2.78. The Hall–Kier alpha value is -2.43. The minimum atomic E-state index is -0.489. The molecule has 1 saturated carbocycles. The highest BCUT2D eigenvalue weighted by molar-refractivity contribution is 5.93. The van der Waals surface area contributed by atoms with E-state index in [1.165, 1.54) is 0 Å². The lowest BCUT2D eigenvalue weighted by atomic mass is 9.87. The van der Waals surface area contributed by atoms with Crippen LogP contribution >= 0.6 is 0 Å². The average Bonchev–Trinajstić information content (AvgIpc) is 3.18. The molecule has 126 valence electrons. The normalized spacial score (nSPS) is 21.2. The zero-order valence-corrected chi connectivity index (χ0v) is 14.6. The fraction of sp³-hybridized carbons (Fsp3) is 0.421. The molecule has 5 heteroatoms. The Kier molecular flexibility index (Phi) is 4.03. The summed E-state index contributed by atoms with van der Waals surface area (Å²) in [5.41, 5.74) is 2.10. The highest BCUT2D eigenvalue weighted by Crippen LogP contribution is 2.64. The van der Waals surface area contributed by atoms with Gasteiger partial charge in [0, 0.05) is 6.20 Å². The largest absolute Gasteiger partial charge is 0.497 e. The van der Waals surface area contributed by atoms with E-state index in [9.17, 15) is 4.79 Å². The number of hydrogen-bond acceptors (Lipinski definition) is 4. The maximum absolute atomic E-state index is 12.9. The number of hydrogen-bond donors (Lipinski definition) is 1. The Bertz CT molecular complexity index is 738. The maximum atomic E-state index is 12.9. The van der Waals surface area contributed by atoms with Crippen LogP contribution in [0.2, 0.25) is 0 Å². The van der Waals surface area contributed by atoms with Gasteiger partial charge in [0.15, 0.2) is 0 Å². The van der Waals surface area contributed by atoms with Crippen LogP contribution in [-0.2, 0) is 16.8 Å². The number of nitrogens with zero attached hydrogens (tertiary/aromatic N) is 2.